The summed E-state index contributed by atoms with van der Waals surface area (Å²) >= 11 is 3.27. The van der Waals surface area contributed by atoms with Gasteiger partial charge in [-0.25, -0.2) is 0 Å². The van der Waals surface area contributed by atoms with Gasteiger partial charge in [-0.2, -0.15) is 0 Å². The lowest BCUT2D eigenvalue weighted by atomic mass is 10.1. The van der Waals surface area contributed by atoms with E-state index in [0.717, 1.165) is 0 Å². The molecule has 0 radical (unpaired) electrons. The number of nitro benzene ring substituents is 1. The van der Waals surface area contributed by atoms with Gasteiger partial charge in [-0.1, -0.05) is 0 Å². The average Bonchev–Trinajstić information content (AvgIpc) is 2.78. The van der Waals surface area contributed by atoms with Crippen molar-refractivity contribution in [1.82, 2.24) is 0 Å². The van der Waals surface area contributed by atoms with E-state index < -0.39 is 11.0 Å². The summed E-state index contributed by atoms with van der Waals surface area (Å²) in [7, 11) is 0. The Morgan fingerprint density at radius 1 is 1.39 bits per heavy atom. The minimum absolute atomic E-state index is 0.00734. The molecule has 2 aromatic rings. The summed E-state index contributed by atoms with van der Waals surface area (Å²) in [6, 6.07) is 7.82. The first-order valence-corrected chi connectivity index (χ1v) is 6.00. The summed E-state index contributed by atoms with van der Waals surface area (Å²) in [6.07, 6.45) is -0.685. The molecule has 5 nitrogen and oxygen atoms in total. The van der Waals surface area contributed by atoms with Gasteiger partial charge in [0, 0.05) is 22.2 Å². The summed E-state index contributed by atoms with van der Waals surface area (Å²) in [5, 5.41) is 20.0. The van der Waals surface area contributed by atoms with Gasteiger partial charge in [-0.3, -0.25) is 10.1 Å². The van der Waals surface area contributed by atoms with Crippen LogP contribution in [0, 0.1) is 10.1 Å². The molecule has 1 atom stereocenters. The fourth-order valence-corrected chi connectivity index (χ4v) is 2.10. The number of aliphatic hydroxyl groups is 1. The number of furan rings is 1. The molecule has 1 aromatic carbocycles. The molecule has 18 heavy (non-hydrogen) atoms. The topological polar surface area (TPSA) is 76.5 Å². The molecule has 0 aliphatic heterocycles. The number of rotatable bonds is 3. The molecule has 0 fully saturated rings. The minimum atomic E-state index is -0.685. The highest BCUT2D eigenvalue weighted by atomic mass is 79.9. The molecule has 0 saturated heterocycles. The van der Waals surface area contributed by atoms with Crippen LogP contribution in [0.3, 0.4) is 0 Å². The van der Waals surface area contributed by atoms with Gasteiger partial charge in [0.25, 0.3) is 5.69 Å². The predicted octanol–water partition coefficient (Wildman–Crippen LogP) is 3.67. The van der Waals surface area contributed by atoms with Crippen molar-refractivity contribution in [2.45, 2.75) is 13.0 Å². The maximum Gasteiger partial charge on any atom is 0.270 e. The van der Waals surface area contributed by atoms with Crippen LogP contribution in [0.1, 0.15) is 18.8 Å². The Hall–Kier alpha value is -1.66. The van der Waals surface area contributed by atoms with Crippen LogP contribution >= 0.6 is 15.9 Å². The van der Waals surface area contributed by atoms with Crippen LogP contribution in [0.15, 0.2) is 39.2 Å². The van der Waals surface area contributed by atoms with Gasteiger partial charge in [-0.05, 0) is 41.1 Å². The van der Waals surface area contributed by atoms with Crippen molar-refractivity contribution >= 4 is 21.6 Å². The van der Waals surface area contributed by atoms with E-state index in [1.807, 2.05) is 0 Å². The molecule has 0 bridgehead atoms. The highest BCUT2D eigenvalue weighted by Crippen LogP contribution is 2.33. The third kappa shape index (κ3) is 2.44. The van der Waals surface area contributed by atoms with Crippen LogP contribution in [0.25, 0.3) is 11.3 Å². The zero-order valence-electron chi connectivity index (χ0n) is 9.46. The van der Waals surface area contributed by atoms with Gasteiger partial charge in [0.1, 0.15) is 17.6 Å². The fraction of sp³-hybridized carbons (Fsp3) is 0.167. The van der Waals surface area contributed by atoms with Gasteiger partial charge in [0.2, 0.25) is 0 Å². The Kier molecular flexibility index (Phi) is 3.49. The second-order valence-electron chi connectivity index (χ2n) is 3.80. The molecule has 94 valence electrons. The monoisotopic (exact) mass is 311 g/mol. The van der Waals surface area contributed by atoms with Crippen LogP contribution in [-0.2, 0) is 0 Å². The third-order valence-electron chi connectivity index (χ3n) is 2.47. The van der Waals surface area contributed by atoms with Crippen LogP contribution in [0.5, 0.6) is 0 Å². The number of non-ortho nitro benzene ring substituents is 1. The molecule has 1 N–H and O–H groups in total. The molecule has 0 saturated carbocycles. The molecular weight excluding hydrogens is 302 g/mol. The predicted molar refractivity (Wildman–Crippen MR) is 69.1 cm³/mol. The summed E-state index contributed by atoms with van der Waals surface area (Å²) in [5.74, 6) is 1.00. The lowest BCUT2D eigenvalue weighted by Gasteiger charge is -2.02. The molecule has 0 amide bonds. The number of halogens is 1. The van der Waals surface area contributed by atoms with E-state index in [9.17, 15) is 15.2 Å². The number of hydrogen-bond donors (Lipinski definition) is 1. The van der Waals surface area contributed by atoms with Crippen molar-refractivity contribution in [2.75, 3.05) is 0 Å². The van der Waals surface area contributed by atoms with Gasteiger partial charge in [0.15, 0.2) is 0 Å². The highest BCUT2D eigenvalue weighted by molar-refractivity contribution is 9.10. The number of nitro groups is 1. The third-order valence-corrected chi connectivity index (χ3v) is 3.12. The van der Waals surface area contributed by atoms with E-state index in [4.69, 9.17) is 4.42 Å². The summed E-state index contributed by atoms with van der Waals surface area (Å²) in [4.78, 5) is 10.2. The van der Waals surface area contributed by atoms with Crippen molar-refractivity contribution in [3.8, 4) is 11.3 Å². The lowest BCUT2D eigenvalue weighted by Crippen LogP contribution is -1.88. The van der Waals surface area contributed by atoms with E-state index in [2.05, 4.69) is 15.9 Å². The van der Waals surface area contributed by atoms with Crippen LogP contribution in [-0.4, -0.2) is 10.0 Å². The molecule has 1 heterocycles. The molecule has 0 spiro atoms. The average molecular weight is 312 g/mol. The number of hydrogen-bond acceptors (Lipinski definition) is 4. The van der Waals surface area contributed by atoms with Gasteiger partial charge < -0.3 is 9.52 Å². The second kappa shape index (κ2) is 4.91. The SMILES string of the molecule is CC(O)c1ccc(-c2ccc([N+](=O)[O-])cc2Br)o1. The Bertz CT molecular complexity index is 592. The second-order valence-corrected chi connectivity index (χ2v) is 4.65. The zero-order valence-corrected chi connectivity index (χ0v) is 11.0. The van der Waals surface area contributed by atoms with Crippen molar-refractivity contribution in [2.24, 2.45) is 0 Å². The minimum Gasteiger partial charge on any atom is -0.458 e. The number of nitrogens with zero attached hydrogens (tertiary/aromatic N) is 1. The van der Waals surface area contributed by atoms with Crippen LogP contribution in [0.4, 0.5) is 5.69 Å². The summed E-state index contributed by atoms with van der Waals surface area (Å²) in [6.45, 7) is 1.60. The quantitative estimate of drug-likeness (QED) is 0.693. The van der Waals surface area contributed by atoms with E-state index in [-0.39, 0.29) is 5.69 Å². The Morgan fingerprint density at radius 2 is 2.11 bits per heavy atom. The molecule has 1 unspecified atom stereocenters. The maximum absolute atomic E-state index is 10.6. The molecular formula is C12H10BrNO4. The van der Waals surface area contributed by atoms with E-state index in [0.29, 0.717) is 21.6 Å². The van der Waals surface area contributed by atoms with Crippen molar-refractivity contribution < 1.29 is 14.4 Å². The molecule has 1 aromatic heterocycles. The van der Waals surface area contributed by atoms with Crippen molar-refractivity contribution in [3.63, 3.8) is 0 Å². The smallest absolute Gasteiger partial charge is 0.270 e. The Labute approximate surface area is 111 Å². The number of aliphatic hydroxyl groups excluding tert-OH is 1. The van der Waals surface area contributed by atoms with Crippen LogP contribution < -0.4 is 0 Å². The lowest BCUT2D eigenvalue weighted by molar-refractivity contribution is -0.384. The van der Waals surface area contributed by atoms with Crippen molar-refractivity contribution in [3.05, 3.63) is 50.7 Å². The zero-order chi connectivity index (χ0) is 13.3. The Balaban J connectivity index is 2.41. The molecule has 0 aliphatic carbocycles. The van der Waals surface area contributed by atoms with E-state index in [1.165, 1.54) is 12.1 Å². The van der Waals surface area contributed by atoms with E-state index >= 15 is 0 Å². The van der Waals surface area contributed by atoms with E-state index in [1.54, 1.807) is 25.1 Å². The molecule has 0 aliphatic rings. The standard InChI is InChI=1S/C12H10BrNO4/c1-7(15)11-4-5-12(18-11)9-3-2-8(14(16)17)6-10(9)13/h2-7,15H,1H3. The molecule has 2 rings (SSSR count). The van der Waals surface area contributed by atoms with Gasteiger partial charge in [-0.15, -0.1) is 0 Å². The largest absolute Gasteiger partial charge is 0.458 e. The first kappa shape index (κ1) is 12.8. The normalized spacial score (nSPS) is 12.4. The highest BCUT2D eigenvalue weighted by Gasteiger charge is 2.14. The summed E-state index contributed by atoms with van der Waals surface area (Å²) < 4.78 is 6.03. The van der Waals surface area contributed by atoms with Crippen molar-refractivity contribution in [1.29, 1.82) is 0 Å². The van der Waals surface area contributed by atoms with Crippen LogP contribution in [0.2, 0.25) is 0 Å². The maximum atomic E-state index is 10.6. The fourth-order valence-electron chi connectivity index (χ4n) is 1.54. The number of benzene rings is 1. The van der Waals surface area contributed by atoms with Gasteiger partial charge in [0.05, 0.1) is 4.92 Å². The van der Waals surface area contributed by atoms with Gasteiger partial charge >= 0.3 is 0 Å². The summed E-state index contributed by atoms with van der Waals surface area (Å²) in [5.41, 5.74) is 0.709. The Morgan fingerprint density at radius 3 is 2.61 bits per heavy atom. The molecule has 6 heteroatoms. The first-order valence-electron chi connectivity index (χ1n) is 5.21. The first-order chi connectivity index (χ1) is 8.49.